The van der Waals surface area contributed by atoms with Gasteiger partial charge in [0, 0.05) is 5.56 Å². The molecule has 0 unspecified atom stereocenters. The molecule has 0 saturated carbocycles. The van der Waals surface area contributed by atoms with Crippen LogP contribution in [0.1, 0.15) is 172 Å². The number of rotatable bonds is 26. The van der Waals surface area contributed by atoms with E-state index in [1.807, 2.05) is 6.07 Å². The number of hydrogen-bond donors (Lipinski definition) is 0. The molecule has 4 rings (SSSR count). The molecule has 0 radical (unpaired) electrons. The summed E-state index contributed by atoms with van der Waals surface area (Å²) in [5.74, 6) is -0.159. The smallest absolute Gasteiger partial charge is 0.131 e. The molecule has 0 atom stereocenters. The van der Waals surface area contributed by atoms with E-state index in [0.717, 1.165) is 48.8 Å². The van der Waals surface area contributed by atoms with Crippen LogP contribution in [0.15, 0.2) is 85.5 Å². The predicted molar refractivity (Wildman–Crippen MR) is 242 cm³/mol. The summed E-state index contributed by atoms with van der Waals surface area (Å²) in [6.07, 6.45) is 27.6. The second-order valence-corrected chi connectivity index (χ2v) is 16.5. The van der Waals surface area contributed by atoms with Crippen molar-refractivity contribution in [3.8, 4) is 33.4 Å². The molecule has 298 valence electrons. The Morgan fingerprint density at radius 1 is 0.509 bits per heavy atom. The van der Waals surface area contributed by atoms with Crippen LogP contribution in [0.25, 0.3) is 33.4 Å². The van der Waals surface area contributed by atoms with Crippen molar-refractivity contribution in [2.45, 2.75) is 176 Å². The zero-order valence-corrected chi connectivity index (χ0v) is 35.9. The average molecular weight is 743 g/mol. The van der Waals surface area contributed by atoms with Crippen molar-refractivity contribution < 1.29 is 4.39 Å². The number of hydrogen-bond acceptors (Lipinski definition) is 0. The van der Waals surface area contributed by atoms with Gasteiger partial charge in [0.25, 0.3) is 0 Å². The van der Waals surface area contributed by atoms with Gasteiger partial charge < -0.3 is 0 Å². The van der Waals surface area contributed by atoms with Gasteiger partial charge in [-0.15, -0.1) is 6.58 Å². The first-order valence-electron chi connectivity index (χ1n) is 22.6. The third-order valence-corrected chi connectivity index (χ3v) is 12.7. The molecule has 0 aromatic heterocycles. The van der Waals surface area contributed by atoms with Gasteiger partial charge in [-0.1, -0.05) is 166 Å². The van der Waals surface area contributed by atoms with Crippen molar-refractivity contribution in [1.29, 1.82) is 0 Å². The maximum absolute atomic E-state index is 15.9. The number of allylic oxidation sites excluding steroid dienone is 1. The van der Waals surface area contributed by atoms with Gasteiger partial charge in [0.2, 0.25) is 0 Å². The molecular formula is C54H75F. The lowest BCUT2D eigenvalue weighted by Crippen LogP contribution is -2.19. The van der Waals surface area contributed by atoms with Crippen molar-refractivity contribution in [3.63, 3.8) is 0 Å². The van der Waals surface area contributed by atoms with E-state index in [-0.39, 0.29) is 5.82 Å². The molecule has 0 aliphatic rings. The van der Waals surface area contributed by atoms with E-state index >= 15 is 4.39 Å². The molecule has 55 heavy (non-hydrogen) atoms. The van der Waals surface area contributed by atoms with Gasteiger partial charge in [-0.2, -0.15) is 0 Å². The minimum absolute atomic E-state index is 0.159. The van der Waals surface area contributed by atoms with E-state index in [1.54, 1.807) is 22.8 Å². The normalized spacial score (nSPS) is 11.7. The highest BCUT2D eigenvalue weighted by molar-refractivity contribution is 5.77. The number of halogens is 1. The van der Waals surface area contributed by atoms with Crippen molar-refractivity contribution in [2.75, 3.05) is 0 Å². The van der Waals surface area contributed by atoms with Crippen molar-refractivity contribution in [3.05, 3.63) is 119 Å². The van der Waals surface area contributed by atoms with Crippen molar-refractivity contribution in [1.82, 2.24) is 0 Å². The minimum atomic E-state index is -0.159. The van der Waals surface area contributed by atoms with E-state index in [9.17, 15) is 0 Å². The van der Waals surface area contributed by atoms with Gasteiger partial charge in [0.05, 0.1) is 0 Å². The lowest BCUT2D eigenvalue weighted by Gasteiger charge is -2.32. The van der Waals surface area contributed by atoms with Crippen LogP contribution in [0.5, 0.6) is 0 Å². The predicted octanol–water partition coefficient (Wildman–Crippen LogP) is 17.1. The first kappa shape index (κ1) is 44.3. The maximum atomic E-state index is 15.9. The van der Waals surface area contributed by atoms with E-state index in [4.69, 9.17) is 0 Å². The SMILES string of the molecule is C=CCCCCc1cc(-c2ccc(-c3ccc(-c4ccc(CCCCC)cc4)cc3F)cc2CC)cc(CCCCC)c1CCCC(CC)(CC)CCCC. The molecule has 0 fully saturated rings. The van der Waals surface area contributed by atoms with Gasteiger partial charge in [-0.05, 0) is 151 Å². The zero-order chi connectivity index (χ0) is 39.5. The molecule has 4 aromatic rings. The molecule has 0 bridgehead atoms. The van der Waals surface area contributed by atoms with Crippen LogP contribution in [-0.4, -0.2) is 0 Å². The topological polar surface area (TPSA) is 0 Å². The Hall–Kier alpha value is -3.45. The van der Waals surface area contributed by atoms with Crippen LogP contribution >= 0.6 is 0 Å². The molecule has 1 heteroatoms. The molecule has 0 aliphatic carbocycles. The highest BCUT2D eigenvalue weighted by atomic mass is 19.1. The van der Waals surface area contributed by atoms with Gasteiger partial charge in [-0.3, -0.25) is 0 Å². The van der Waals surface area contributed by atoms with Crippen LogP contribution in [0.4, 0.5) is 4.39 Å². The van der Waals surface area contributed by atoms with Gasteiger partial charge in [-0.25, -0.2) is 4.39 Å². The molecule has 0 nitrogen and oxygen atoms in total. The fourth-order valence-electron chi connectivity index (χ4n) is 8.87. The Kier molecular flexibility index (Phi) is 19.0. The van der Waals surface area contributed by atoms with E-state index in [1.165, 1.54) is 125 Å². The summed E-state index contributed by atoms with van der Waals surface area (Å²) < 4.78 is 15.9. The molecule has 0 saturated heterocycles. The summed E-state index contributed by atoms with van der Waals surface area (Å²) in [7, 11) is 0. The fourth-order valence-corrected chi connectivity index (χ4v) is 8.87. The van der Waals surface area contributed by atoms with Crippen molar-refractivity contribution >= 4 is 0 Å². The monoisotopic (exact) mass is 743 g/mol. The number of benzene rings is 4. The molecule has 0 aliphatic heterocycles. The average Bonchev–Trinajstić information content (AvgIpc) is 3.21. The van der Waals surface area contributed by atoms with Crippen molar-refractivity contribution in [2.24, 2.45) is 5.41 Å². The van der Waals surface area contributed by atoms with Crippen LogP contribution < -0.4 is 0 Å². The lowest BCUT2D eigenvalue weighted by atomic mass is 9.73. The van der Waals surface area contributed by atoms with Crippen LogP contribution in [0, 0.1) is 11.2 Å². The van der Waals surface area contributed by atoms with E-state index in [0.29, 0.717) is 11.0 Å². The molecule has 0 amide bonds. The van der Waals surface area contributed by atoms with Crippen LogP contribution in [-0.2, 0) is 32.1 Å². The Balaban J connectivity index is 1.67. The summed E-state index contributed by atoms with van der Waals surface area (Å²) in [5.41, 5.74) is 14.2. The van der Waals surface area contributed by atoms with Crippen LogP contribution in [0.2, 0.25) is 0 Å². The summed E-state index contributed by atoms with van der Waals surface area (Å²) in [4.78, 5) is 0. The third kappa shape index (κ3) is 12.8. The molecule has 0 spiro atoms. The molecular weight excluding hydrogens is 668 g/mol. The third-order valence-electron chi connectivity index (χ3n) is 12.7. The first-order valence-corrected chi connectivity index (χ1v) is 22.6. The highest BCUT2D eigenvalue weighted by Gasteiger charge is 2.25. The lowest BCUT2D eigenvalue weighted by molar-refractivity contribution is 0.206. The molecule has 0 N–H and O–H groups in total. The van der Waals surface area contributed by atoms with Crippen LogP contribution in [0.3, 0.4) is 0 Å². The van der Waals surface area contributed by atoms with Gasteiger partial charge in [0.15, 0.2) is 0 Å². The summed E-state index contributed by atoms with van der Waals surface area (Å²) in [6, 6.07) is 26.2. The second kappa shape index (κ2) is 23.6. The zero-order valence-electron chi connectivity index (χ0n) is 35.9. The largest absolute Gasteiger partial charge is 0.206 e. The van der Waals surface area contributed by atoms with E-state index < -0.39 is 0 Å². The standard InChI is InChI=1S/C54H75F/c1-8-15-19-22-26-47-40-49(39-46(25-21-17-10-3)50(47)27-23-37-54(13-6,14-7)36-18-11-4)51-34-33-48(38-43(51)12-5)52-35-32-45(41-53(52)55)44-30-28-42(29-31-44)24-20-16-9-2/h8,28-35,38-41H,1,9-27,36-37H2,2-7H3. The second-order valence-electron chi connectivity index (χ2n) is 16.5. The Morgan fingerprint density at radius 2 is 1.07 bits per heavy atom. The summed E-state index contributed by atoms with van der Waals surface area (Å²) in [5, 5.41) is 0. The van der Waals surface area contributed by atoms with Gasteiger partial charge in [0.1, 0.15) is 5.82 Å². The van der Waals surface area contributed by atoms with E-state index in [2.05, 4.69) is 115 Å². The van der Waals surface area contributed by atoms with Gasteiger partial charge >= 0.3 is 0 Å². The Labute approximate surface area is 337 Å². The Bertz CT molecular complexity index is 1720. The Morgan fingerprint density at radius 3 is 1.67 bits per heavy atom. The molecule has 4 aromatic carbocycles. The minimum Gasteiger partial charge on any atom is -0.206 e. The fraction of sp³-hybridized carbons (Fsp3) is 0.519. The number of aryl methyl sites for hydroxylation is 4. The first-order chi connectivity index (χ1) is 26.8. The highest BCUT2D eigenvalue weighted by Crippen LogP contribution is 2.40. The number of unbranched alkanes of at least 4 members (excludes halogenated alkanes) is 7. The summed E-state index contributed by atoms with van der Waals surface area (Å²) >= 11 is 0. The molecule has 0 heterocycles. The summed E-state index contributed by atoms with van der Waals surface area (Å²) in [6.45, 7) is 18.0. The maximum Gasteiger partial charge on any atom is 0.131 e. The quantitative estimate of drug-likeness (QED) is 0.0444.